The van der Waals surface area contributed by atoms with Gasteiger partial charge in [0.1, 0.15) is 5.75 Å². The van der Waals surface area contributed by atoms with E-state index in [9.17, 15) is 18.0 Å². The smallest absolute Gasteiger partial charge is 0.448 e. The second-order valence-electron chi connectivity index (χ2n) is 4.35. The Morgan fingerprint density at radius 3 is 2.48 bits per heavy atom. The number of benzene rings is 1. The molecule has 0 saturated heterocycles. The van der Waals surface area contributed by atoms with Gasteiger partial charge < -0.3 is 19.5 Å². The molecule has 1 unspecified atom stereocenters. The molecule has 2 rings (SSSR count). The molecule has 1 N–H and O–H groups in total. The molecular weight excluding hydrogens is 337 g/mol. The third kappa shape index (κ3) is 3.04. The molecule has 0 bridgehead atoms. The zero-order valence-electron chi connectivity index (χ0n) is 12.4. The number of carbonyl (C=O) groups excluding carboxylic acids is 1. The summed E-state index contributed by atoms with van der Waals surface area (Å²) >= 11 is 0.923. The number of hydrogen-bond acceptors (Lipinski definition) is 7. The summed E-state index contributed by atoms with van der Waals surface area (Å²) in [7, 11) is 3.07. The number of hydrogen-bond donors (Lipinski definition) is 1. The van der Waals surface area contributed by atoms with Gasteiger partial charge in [-0.1, -0.05) is 11.3 Å². The van der Waals surface area contributed by atoms with E-state index in [1.165, 1.54) is 7.11 Å². The molecule has 1 aromatic heterocycles. The number of halogens is 3. The van der Waals surface area contributed by atoms with Gasteiger partial charge in [-0.25, -0.2) is 9.78 Å². The van der Waals surface area contributed by atoms with Crippen molar-refractivity contribution >= 4 is 32.7 Å². The summed E-state index contributed by atoms with van der Waals surface area (Å²) in [4.78, 5) is 15.7. The number of methoxy groups -OCH3 is 3. The van der Waals surface area contributed by atoms with E-state index in [0.29, 0.717) is 16.0 Å². The fourth-order valence-corrected chi connectivity index (χ4v) is 2.81. The molecule has 0 saturated carbocycles. The highest BCUT2D eigenvalue weighted by molar-refractivity contribution is 7.22. The number of ether oxygens (including phenoxy) is 3. The minimum atomic E-state index is -5.05. The van der Waals surface area contributed by atoms with Gasteiger partial charge >= 0.3 is 17.9 Å². The molecule has 2 aromatic rings. The number of anilines is 1. The number of rotatable bonds is 5. The molecule has 6 nitrogen and oxygen atoms in total. The Kier molecular flexibility index (Phi) is 4.66. The van der Waals surface area contributed by atoms with Gasteiger partial charge in [-0.15, -0.1) is 0 Å². The molecule has 0 aliphatic heterocycles. The minimum Gasteiger partial charge on any atom is -0.497 e. The average Bonchev–Trinajstić information content (AvgIpc) is 2.91. The maximum atomic E-state index is 13.3. The van der Waals surface area contributed by atoms with Gasteiger partial charge in [0, 0.05) is 7.11 Å². The molecule has 23 heavy (non-hydrogen) atoms. The van der Waals surface area contributed by atoms with Crippen LogP contribution in [0.1, 0.15) is 0 Å². The van der Waals surface area contributed by atoms with Gasteiger partial charge in [0.25, 0.3) is 0 Å². The van der Waals surface area contributed by atoms with Crippen LogP contribution in [0.2, 0.25) is 0 Å². The third-order valence-corrected chi connectivity index (χ3v) is 3.99. The standard InChI is InChI=1S/C13H13F3N2O4S/c1-20-7-4-5-8-9(6-7)23-11(17-8)18-12(22-3,10(19)21-2)13(14,15)16/h4-6H,1-3H3,(H,17,18). The maximum absolute atomic E-state index is 13.3. The van der Waals surface area contributed by atoms with Crippen LogP contribution in [0.3, 0.4) is 0 Å². The topological polar surface area (TPSA) is 69.7 Å². The first-order chi connectivity index (χ1) is 10.8. The average molecular weight is 350 g/mol. The van der Waals surface area contributed by atoms with Crippen LogP contribution < -0.4 is 10.1 Å². The first kappa shape index (κ1) is 17.3. The van der Waals surface area contributed by atoms with Crippen molar-refractivity contribution in [1.29, 1.82) is 0 Å². The number of aromatic nitrogens is 1. The molecule has 0 aliphatic carbocycles. The van der Waals surface area contributed by atoms with E-state index >= 15 is 0 Å². The highest BCUT2D eigenvalue weighted by Crippen LogP contribution is 2.38. The number of esters is 1. The van der Waals surface area contributed by atoms with Crippen LogP contribution in [-0.4, -0.2) is 44.2 Å². The molecule has 0 radical (unpaired) electrons. The van der Waals surface area contributed by atoms with Crippen LogP contribution in [0.25, 0.3) is 10.2 Å². The Bertz CT molecular complexity index is 719. The second-order valence-corrected chi connectivity index (χ2v) is 5.38. The van der Waals surface area contributed by atoms with Gasteiger partial charge in [-0.2, -0.15) is 13.2 Å². The Hall–Kier alpha value is -2.07. The van der Waals surface area contributed by atoms with Crippen LogP contribution in [0.15, 0.2) is 18.2 Å². The largest absolute Gasteiger partial charge is 0.497 e. The summed E-state index contributed by atoms with van der Waals surface area (Å²) in [5.41, 5.74) is -2.88. The van der Waals surface area contributed by atoms with Gasteiger partial charge in [-0.05, 0) is 18.2 Å². The van der Waals surface area contributed by atoms with Crippen molar-refractivity contribution in [1.82, 2.24) is 4.98 Å². The number of carbonyl (C=O) groups is 1. The number of nitrogens with zero attached hydrogens (tertiary/aromatic N) is 1. The highest BCUT2D eigenvalue weighted by Gasteiger charge is 2.63. The molecule has 1 heterocycles. The Labute approximate surface area is 133 Å². The van der Waals surface area contributed by atoms with Crippen molar-refractivity contribution in [2.24, 2.45) is 0 Å². The summed E-state index contributed by atoms with van der Waals surface area (Å²) < 4.78 is 54.3. The predicted molar refractivity (Wildman–Crippen MR) is 77.6 cm³/mol. The number of alkyl halides is 3. The van der Waals surface area contributed by atoms with Crippen molar-refractivity contribution < 1.29 is 32.2 Å². The Morgan fingerprint density at radius 2 is 1.96 bits per heavy atom. The second kappa shape index (κ2) is 6.20. The van der Waals surface area contributed by atoms with Gasteiger partial charge in [0.15, 0.2) is 5.13 Å². The van der Waals surface area contributed by atoms with Crippen molar-refractivity contribution in [3.8, 4) is 5.75 Å². The lowest BCUT2D eigenvalue weighted by atomic mass is 10.2. The lowest BCUT2D eigenvalue weighted by molar-refractivity contribution is -0.259. The number of fused-ring (bicyclic) bond motifs is 1. The summed E-state index contributed by atoms with van der Waals surface area (Å²) in [6.45, 7) is 0. The van der Waals surface area contributed by atoms with E-state index in [0.717, 1.165) is 25.6 Å². The minimum absolute atomic E-state index is 0.141. The van der Waals surface area contributed by atoms with Crippen molar-refractivity contribution in [2.75, 3.05) is 26.6 Å². The molecule has 0 amide bonds. The van der Waals surface area contributed by atoms with E-state index in [-0.39, 0.29) is 5.13 Å². The normalized spacial score (nSPS) is 14.3. The molecule has 126 valence electrons. The summed E-state index contributed by atoms with van der Waals surface area (Å²) in [5.74, 6) is -1.08. The molecule has 0 aliphatic rings. The summed E-state index contributed by atoms with van der Waals surface area (Å²) in [5, 5.41) is 1.86. The highest BCUT2D eigenvalue weighted by atomic mass is 32.1. The van der Waals surface area contributed by atoms with E-state index in [1.54, 1.807) is 18.2 Å². The van der Waals surface area contributed by atoms with Crippen LogP contribution in [0.5, 0.6) is 5.75 Å². The lowest BCUT2D eigenvalue weighted by Crippen LogP contribution is -2.60. The maximum Gasteiger partial charge on any atom is 0.448 e. The number of thiazole rings is 1. The lowest BCUT2D eigenvalue weighted by Gasteiger charge is -2.31. The van der Waals surface area contributed by atoms with Gasteiger partial charge in [0.05, 0.1) is 24.4 Å². The van der Waals surface area contributed by atoms with E-state index in [2.05, 4.69) is 14.5 Å². The molecule has 1 aromatic carbocycles. The molecule has 10 heteroatoms. The van der Waals surface area contributed by atoms with E-state index < -0.39 is 17.9 Å². The van der Waals surface area contributed by atoms with Gasteiger partial charge in [0.2, 0.25) is 0 Å². The molecule has 0 fully saturated rings. The number of nitrogens with one attached hydrogen (secondary N) is 1. The first-order valence-electron chi connectivity index (χ1n) is 6.20. The zero-order valence-corrected chi connectivity index (χ0v) is 13.2. The molecule has 1 atom stereocenters. The van der Waals surface area contributed by atoms with E-state index in [4.69, 9.17) is 4.74 Å². The van der Waals surface area contributed by atoms with Crippen molar-refractivity contribution in [3.63, 3.8) is 0 Å². The van der Waals surface area contributed by atoms with Crippen LogP contribution in [-0.2, 0) is 14.3 Å². The molecular formula is C13H13F3N2O4S. The first-order valence-corrected chi connectivity index (χ1v) is 7.02. The van der Waals surface area contributed by atoms with Crippen molar-refractivity contribution in [2.45, 2.75) is 11.9 Å². The quantitative estimate of drug-likeness (QED) is 0.661. The fourth-order valence-electron chi connectivity index (χ4n) is 1.87. The van der Waals surface area contributed by atoms with Crippen LogP contribution in [0.4, 0.5) is 18.3 Å². The summed E-state index contributed by atoms with van der Waals surface area (Å²) in [6, 6.07) is 4.84. The third-order valence-electron chi connectivity index (χ3n) is 3.06. The SMILES string of the molecule is COC(=O)C(Nc1nc2ccc(OC)cc2s1)(OC)C(F)(F)F. The van der Waals surface area contributed by atoms with E-state index in [1.807, 2.05) is 5.32 Å². The van der Waals surface area contributed by atoms with Gasteiger partial charge in [-0.3, -0.25) is 0 Å². The summed E-state index contributed by atoms with van der Waals surface area (Å²) in [6.07, 6.45) is -5.05. The monoisotopic (exact) mass is 350 g/mol. The fraction of sp³-hybridized carbons (Fsp3) is 0.385. The Morgan fingerprint density at radius 1 is 1.26 bits per heavy atom. The van der Waals surface area contributed by atoms with Crippen LogP contribution in [0, 0.1) is 0 Å². The Balaban J connectivity index is 2.45. The van der Waals surface area contributed by atoms with Crippen molar-refractivity contribution in [3.05, 3.63) is 18.2 Å². The molecule has 0 spiro atoms. The predicted octanol–water partition coefficient (Wildman–Crippen LogP) is 2.79. The van der Waals surface area contributed by atoms with Crippen LogP contribution >= 0.6 is 11.3 Å². The zero-order chi connectivity index (χ0) is 17.3.